The minimum absolute atomic E-state index is 0. The molecule has 28 heavy (non-hydrogen) atoms. The normalized spacial score (nSPS) is 15.2. The second kappa shape index (κ2) is 12.9. The topological polar surface area (TPSA) is 67.8 Å². The van der Waals surface area contributed by atoms with Crippen molar-refractivity contribution in [3.8, 4) is 0 Å². The van der Waals surface area contributed by atoms with Crippen LogP contribution in [0.3, 0.4) is 0 Å². The first-order valence-corrected chi connectivity index (χ1v) is 9.79. The molecule has 0 bridgehead atoms. The van der Waals surface area contributed by atoms with Gasteiger partial charge in [0, 0.05) is 58.1 Å². The maximum atomic E-state index is 5.80. The Balaban J connectivity index is 0.00000280. The quantitative estimate of drug-likeness (QED) is 0.253. The fourth-order valence-electron chi connectivity index (χ4n) is 3.25. The number of aliphatic imine (C=N–C) groups is 1. The number of para-hydroxylation sites is 1. The Bertz CT molecular complexity index is 730. The lowest BCUT2D eigenvalue weighted by molar-refractivity contribution is 0.0203. The number of halogens is 1. The number of nitrogens with one attached hydrogen (secondary N) is 2. The Morgan fingerprint density at radius 3 is 2.86 bits per heavy atom. The molecule has 1 saturated heterocycles. The first-order valence-electron chi connectivity index (χ1n) is 9.79. The number of hydrogen-bond donors (Lipinski definition) is 2. The van der Waals surface area contributed by atoms with Gasteiger partial charge in [-0.1, -0.05) is 18.2 Å². The highest BCUT2D eigenvalue weighted by Gasteiger charge is 2.13. The molecule has 0 saturated carbocycles. The lowest BCUT2D eigenvalue weighted by atomic mass is 10.0. The zero-order valence-electron chi connectivity index (χ0n) is 16.5. The molecule has 0 radical (unpaired) electrons. The average molecular weight is 498 g/mol. The summed E-state index contributed by atoms with van der Waals surface area (Å²) in [5.41, 5.74) is 2.23. The van der Waals surface area contributed by atoms with Crippen molar-refractivity contribution in [1.82, 2.24) is 15.6 Å². The van der Waals surface area contributed by atoms with Crippen LogP contribution in [0.4, 0.5) is 0 Å². The molecule has 2 heterocycles. The SMILES string of the molecule is CN=C(NCCCOCC1CCOCC1)NCc1ccnc2ccccc12.I. The molecule has 1 aliphatic heterocycles. The summed E-state index contributed by atoms with van der Waals surface area (Å²) in [5, 5.41) is 7.90. The van der Waals surface area contributed by atoms with E-state index >= 15 is 0 Å². The van der Waals surface area contributed by atoms with Gasteiger partial charge in [-0.05, 0) is 42.9 Å². The summed E-state index contributed by atoms with van der Waals surface area (Å²) in [6.07, 6.45) is 5.06. The zero-order chi connectivity index (χ0) is 18.7. The van der Waals surface area contributed by atoms with Crippen molar-refractivity contribution in [2.45, 2.75) is 25.8 Å². The highest BCUT2D eigenvalue weighted by atomic mass is 127. The van der Waals surface area contributed by atoms with E-state index < -0.39 is 0 Å². The summed E-state index contributed by atoms with van der Waals surface area (Å²) in [6, 6.07) is 10.2. The first kappa shape index (κ1) is 22.8. The van der Waals surface area contributed by atoms with Crippen LogP contribution in [-0.2, 0) is 16.0 Å². The maximum absolute atomic E-state index is 5.80. The Morgan fingerprint density at radius 1 is 1.21 bits per heavy atom. The number of hydrogen-bond acceptors (Lipinski definition) is 4. The molecule has 2 N–H and O–H groups in total. The van der Waals surface area contributed by atoms with Gasteiger partial charge >= 0.3 is 0 Å². The van der Waals surface area contributed by atoms with Crippen LogP contribution in [0.1, 0.15) is 24.8 Å². The first-order chi connectivity index (χ1) is 13.4. The summed E-state index contributed by atoms with van der Waals surface area (Å²) in [6.45, 7) is 4.93. The summed E-state index contributed by atoms with van der Waals surface area (Å²) in [5.74, 6) is 1.47. The van der Waals surface area contributed by atoms with Crippen LogP contribution in [0.25, 0.3) is 10.9 Å². The fourth-order valence-corrected chi connectivity index (χ4v) is 3.25. The number of nitrogens with zero attached hydrogens (tertiary/aromatic N) is 2. The Kier molecular flexibility index (Phi) is 10.5. The van der Waals surface area contributed by atoms with E-state index in [1.54, 1.807) is 7.05 Å². The fraction of sp³-hybridized carbons (Fsp3) is 0.524. The van der Waals surface area contributed by atoms with Crippen LogP contribution < -0.4 is 10.6 Å². The van der Waals surface area contributed by atoms with E-state index in [0.29, 0.717) is 12.5 Å². The van der Waals surface area contributed by atoms with Crippen molar-refractivity contribution < 1.29 is 9.47 Å². The Labute approximate surface area is 184 Å². The highest BCUT2D eigenvalue weighted by molar-refractivity contribution is 14.0. The van der Waals surface area contributed by atoms with Gasteiger partial charge in [0.15, 0.2) is 5.96 Å². The molecule has 1 aromatic heterocycles. The standard InChI is InChI=1S/C21H30N4O2.HI/c1-22-21(24-10-4-12-27-16-17-8-13-26-14-9-17)25-15-18-7-11-23-20-6-3-2-5-19(18)20;/h2-3,5-7,11,17H,4,8-10,12-16H2,1H3,(H2,22,24,25);1H. The van der Waals surface area contributed by atoms with E-state index in [0.717, 1.165) is 63.7 Å². The lowest BCUT2D eigenvalue weighted by Crippen LogP contribution is -2.37. The van der Waals surface area contributed by atoms with Gasteiger partial charge in [0.25, 0.3) is 0 Å². The molecule has 0 amide bonds. The number of benzene rings is 1. The van der Waals surface area contributed by atoms with Gasteiger partial charge in [-0.25, -0.2) is 0 Å². The summed E-state index contributed by atoms with van der Waals surface area (Å²) >= 11 is 0. The van der Waals surface area contributed by atoms with Gasteiger partial charge in [0.1, 0.15) is 0 Å². The molecule has 6 nitrogen and oxygen atoms in total. The predicted molar refractivity (Wildman–Crippen MR) is 124 cm³/mol. The number of aromatic nitrogens is 1. The minimum atomic E-state index is 0. The monoisotopic (exact) mass is 498 g/mol. The number of pyridine rings is 1. The van der Waals surface area contributed by atoms with Gasteiger partial charge in [-0.15, -0.1) is 24.0 Å². The molecule has 2 aromatic rings. The van der Waals surface area contributed by atoms with E-state index in [1.807, 2.05) is 30.5 Å². The second-order valence-electron chi connectivity index (χ2n) is 6.82. The van der Waals surface area contributed by atoms with Crippen LogP contribution in [0, 0.1) is 5.92 Å². The largest absolute Gasteiger partial charge is 0.381 e. The zero-order valence-corrected chi connectivity index (χ0v) is 18.9. The molecule has 1 aliphatic rings. The average Bonchev–Trinajstić information content (AvgIpc) is 2.73. The van der Waals surface area contributed by atoms with Crippen molar-refractivity contribution in [2.24, 2.45) is 10.9 Å². The lowest BCUT2D eigenvalue weighted by Gasteiger charge is -2.21. The molecule has 0 atom stereocenters. The van der Waals surface area contributed by atoms with Gasteiger partial charge in [0.2, 0.25) is 0 Å². The molecule has 0 unspecified atom stereocenters. The van der Waals surface area contributed by atoms with E-state index in [4.69, 9.17) is 9.47 Å². The highest BCUT2D eigenvalue weighted by Crippen LogP contribution is 2.16. The van der Waals surface area contributed by atoms with Gasteiger partial charge in [-0.2, -0.15) is 0 Å². The van der Waals surface area contributed by atoms with Gasteiger partial charge < -0.3 is 20.1 Å². The van der Waals surface area contributed by atoms with Gasteiger partial charge in [-0.3, -0.25) is 9.98 Å². The minimum Gasteiger partial charge on any atom is -0.381 e. The second-order valence-corrected chi connectivity index (χ2v) is 6.82. The molecule has 154 valence electrons. The molecule has 1 fully saturated rings. The van der Waals surface area contributed by atoms with E-state index in [9.17, 15) is 0 Å². The van der Waals surface area contributed by atoms with Crippen LogP contribution in [0.5, 0.6) is 0 Å². The molecular formula is C21H31IN4O2. The summed E-state index contributed by atoms with van der Waals surface area (Å²) in [4.78, 5) is 8.70. The smallest absolute Gasteiger partial charge is 0.191 e. The van der Waals surface area contributed by atoms with Crippen LogP contribution in [0.2, 0.25) is 0 Å². The Morgan fingerprint density at radius 2 is 2.04 bits per heavy atom. The Hall–Kier alpha value is -1.45. The van der Waals surface area contributed by atoms with Crippen LogP contribution in [-0.4, -0.2) is 51.0 Å². The molecule has 7 heteroatoms. The number of ether oxygens (including phenoxy) is 2. The van der Waals surface area contributed by atoms with E-state index in [-0.39, 0.29) is 24.0 Å². The molecule has 1 aromatic carbocycles. The molecule has 0 spiro atoms. The van der Waals surface area contributed by atoms with Crippen LogP contribution in [0.15, 0.2) is 41.5 Å². The number of guanidine groups is 1. The third-order valence-corrected chi connectivity index (χ3v) is 4.86. The van der Waals surface area contributed by atoms with Crippen LogP contribution >= 0.6 is 24.0 Å². The van der Waals surface area contributed by atoms with Gasteiger partial charge in [0.05, 0.1) is 5.52 Å². The van der Waals surface area contributed by atoms with Crippen molar-refractivity contribution >= 4 is 40.8 Å². The third-order valence-electron chi connectivity index (χ3n) is 4.86. The van der Waals surface area contributed by atoms with Crippen molar-refractivity contribution in [2.75, 3.05) is 40.0 Å². The predicted octanol–water partition coefficient (Wildman–Crippen LogP) is 3.35. The van der Waals surface area contributed by atoms with E-state index in [1.165, 1.54) is 10.9 Å². The summed E-state index contributed by atoms with van der Waals surface area (Å²) in [7, 11) is 1.79. The molecule has 3 rings (SSSR count). The van der Waals surface area contributed by atoms with Crippen molar-refractivity contribution in [3.05, 3.63) is 42.1 Å². The third kappa shape index (κ3) is 7.18. The van der Waals surface area contributed by atoms with E-state index in [2.05, 4.69) is 26.7 Å². The number of fused-ring (bicyclic) bond motifs is 1. The number of rotatable bonds is 8. The van der Waals surface area contributed by atoms with Crippen molar-refractivity contribution in [3.63, 3.8) is 0 Å². The maximum Gasteiger partial charge on any atom is 0.191 e. The molecular weight excluding hydrogens is 467 g/mol. The summed E-state index contributed by atoms with van der Waals surface area (Å²) < 4.78 is 11.2. The molecule has 0 aliphatic carbocycles. The van der Waals surface area contributed by atoms with Crippen molar-refractivity contribution in [1.29, 1.82) is 0 Å².